The van der Waals surface area contributed by atoms with E-state index in [0.717, 1.165) is 110 Å². The number of hydrogen-bond donors (Lipinski definition) is 2. The van der Waals surface area contributed by atoms with Gasteiger partial charge in [0.2, 0.25) is 5.91 Å². The lowest BCUT2D eigenvalue weighted by Gasteiger charge is -2.18. The number of aliphatic hydroxyl groups is 1. The van der Waals surface area contributed by atoms with Crippen molar-refractivity contribution in [3.63, 3.8) is 0 Å². The molecular formula is C109H107F7N26O5. The van der Waals surface area contributed by atoms with E-state index in [1.54, 1.807) is 129 Å². The predicted molar refractivity (Wildman–Crippen MR) is 547 cm³/mol. The average molecular weight is 1990 g/mol. The predicted octanol–water partition coefficient (Wildman–Crippen LogP) is 18.1. The summed E-state index contributed by atoms with van der Waals surface area (Å²) >= 11 is 0. The summed E-state index contributed by atoms with van der Waals surface area (Å²) < 4.78 is 109. The Kier molecular flexibility index (Phi) is 28.8. The molecule has 0 aliphatic carbocycles. The molecule has 2 N–H and O–H groups in total. The second kappa shape index (κ2) is 42.1. The summed E-state index contributed by atoms with van der Waals surface area (Å²) in [6.45, 7) is 20.4. The van der Waals surface area contributed by atoms with Crippen LogP contribution in [0.15, 0.2) is 258 Å². The maximum atomic E-state index is 14.6. The van der Waals surface area contributed by atoms with Crippen LogP contribution in [0.1, 0.15) is 152 Å². The molecule has 0 fully saturated rings. The van der Waals surface area contributed by atoms with Crippen LogP contribution in [-0.2, 0) is 97.1 Å². The lowest BCUT2D eigenvalue weighted by molar-refractivity contribution is -0.141. The lowest BCUT2D eigenvalue weighted by Crippen LogP contribution is -2.28. The molecule has 0 bridgehead atoms. The third-order valence-corrected chi connectivity index (χ3v) is 25.9. The van der Waals surface area contributed by atoms with Crippen molar-refractivity contribution in [3.05, 3.63) is 354 Å². The average Bonchev–Trinajstić information content (AvgIpc) is 1.62. The van der Waals surface area contributed by atoms with Crippen LogP contribution in [0, 0.1) is 5.82 Å². The SMILES string of the molecule is CC(C)c1c(F)cccc1-c1ncc2c(n1)N(Cc1ccc(-n3cc4c(n3)CNC4)cc1)C(=O)C2.CC(C)c1ccccc1-c1ncc2c(n1)n(Cc1ccc(-c3nc(C(F)(F)F)cn3CCO)cc1)c(=O)n2C.CC(C)c1ccccc1-c1ncc2c(n1)n(Cc1ccc(-n3cccn3)cc1)c(=O)n2CCN(C)C.CC(C)c1ncccc1-c1ncc2c(n1)n(Cc1ccc(-c3nc(C(F)(F)F)cn3C)cc1)c(=O)n2C. The highest BCUT2D eigenvalue weighted by atomic mass is 19.4. The van der Waals surface area contributed by atoms with E-state index < -0.39 is 23.7 Å². The van der Waals surface area contributed by atoms with E-state index in [0.29, 0.717) is 105 Å². The van der Waals surface area contributed by atoms with E-state index in [9.17, 15) is 55.0 Å². The standard InChI is InChI=1S/C28H27F3N6O2.C28H31N7O.C27H25FN6O.C26H24F3N7O/c1-17(2)20-6-4-5-7-21(20)24-32-14-22-26(34-24)37(27(39)35(22)3)15-18-8-10-19(11-9-18)25-33-23(28(29,30)31)16-36(25)12-13-38;1-20(2)23-8-5-6-9-24(23)26-29-18-25-27(31-26)34(28(36)33(25)17-16-32(3)4)19-21-10-12-22(13-11-21)35-15-7-14-30-35;1-16(2)25-21(4-3-5-22(25)28)26-30-12-18-10-24(35)33(27(18)31-26)14-17-6-8-20(9-7-17)34-15-19-11-29-13-23(19)32-34;1-15(2)21-18(6-5-11-30-21)22-31-12-19-24(33-22)36(25(37)35(19)4)13-16-7-9-17(10-8-16)23-32-20(14-34(23)3)26(27,28)29/h4-11,14,16-17,38H,12-13,15H2,1-3H3;5-15,18,20H,16-17,19H2,1-4H3;3-9,12,15-16,29H,10-11,13-14H2,1-2H3;5-12,14-15H,13H2,1-4H3. The third-order valence-electron chi connectivity index (χ3n) is 25.9. The maximum Gasteiger partial charge on any atom is 0.434 e. The van der Waals surface area contributed by atoms with Gasteiger partial charge in [-0.3, -0.25) is 42.1 Å². The summed E-state index contributed by atoms with van der Waals surface area (Å²) in [7, 11) is 8.85. The van der Waals surface area contributed by atoms with Gasteiger partial charge in [0, 0.05) is 147 Å². The number of rotatable bonds is 25. The minimum absolute atomic E-state index is 0.0187. The summed E-state index contributed by atoms with van der Waals surface area (Å²) in [5.74, 6) is 3.43. The molecule has 0 atom stereocenters. The number of benzene rings is 7. The number of aliphatic hydroxyl groups excluding tert-OH is 1. The Labute approximate surface area is 839 Å². The Hall–Kier alpha value is -16.5. The number of amides is 1. The van der Waals surface area contributed by atoms with Gasteiger partial charge in [0.15, 0.2) is 51.6 Å². The van der Waals surface area contributed by atoms with Crippen LogP contribution in [-0.4, -0.2) is 154 Å². The molecule has 2 aliphatic heterocycles. The molecule has 2 aliphatic rings. The Morgan fingerprint density at radius 2 is 0.932 bits per heavy atom. The number of hydrogen-bond acceptors (Lipinski definition) is 20. The fraction of sp³-hybridized carbons (Fsp3) is 0.275. The van der Waals surface area contributed by atoms with Crippen molar-refractivity contribution in [2.24, 2.45) is 21.1 Å². The fourth-order valence-electron chi connectivity index (χ4n) is 18.3. The number of aromatic nitrogens is 23. The van der Waals surface area contributed by atoms with Crippen LogP contribution in [0.4, 0.5) is 36.6 Å². The molecule has 31 nitrogen and oxygen atoms in total. The monoisotopic (exact) mass is 1990 g/mol. The molecule has 12 aromatic heterocycles. The minimum Gasteiger partial charge on any atom is -0.395 e. The smallest absolute Gasteiger partial charge is 0.395 e. The van der Waals surface area contributed by atoms with Gasteiger partial charge in [-0.05, 0) is 120 Å². The number of nitrogens with zero attached hydrogens (tertiary/aromatic N) is 25. The molecule has 7 aromatic carbocycles. The largest absolute Gasteiger partial charge is 0.434 e. The molecule has 19 aromatic rings. The van der Waals surface area contributed by atoms with Crippen molar-refractivity contribution < 1.29 is 40.6 Å². The number of fused-ring (bicyclic) bond motifs is 5. The lowest BCUT2D eigenvalue weighted by atomic mass is 9.96. The highest BCUT2D eigenvalue weighted by molar-refractivity contribution is 6.00. The van der Waals surface area contributed by atoms with Crippen LogP contribution >= 0.6 is 0 Å². The summed E-state index contributed by atoms with van der Waals surface area (Å²) in [6, 6.07) is 56.5. The summed E-state index contributed by atoms with van der Waals surface area (Å²) in [5.41, 5.74) is 17.7. The summed E-state index contributed by atoms with van der Waals surface area (Å²) in [5, 5.41) is 21.5. The van der Waals surface area contributed by atoms with Crippen LogP contribution in [0.2, 0.25) is 0 Å². The van der Waals surface area contributed by atoms with Gasteiger partial charge in [0.1, 0.15) is 39.8 Å². The number of likely N-dealkylation sites (N-methyl/N-ethyl adjacent to an activating group) is 1. The van der Waals surface area contributed by atoms with Crippen LogP contribution in [0.25, 0.3) is 113 Å². The van der Waals surface area contributed by atoms with Gasteiger partial charge in [0.25, 0.3) is 0 Å². The van der Waals surface area contributed by atoms with Crippen molar-refractivity contribution in [1.82, 2.24) is 121 Å². The minimum atomic E-state index is -4.60. The number of imidazole rings is 5. The Balaban J connectivity index is 0.000000128. The van der Waals surface area contributed by atoms with Gasteiger partial charge in [0.05, 0.1) is 80.6 Å². The number of alkyl halides is 6. The number of aryl methyl sites for hydroxylation is 3. The molecule has 0 spiro atoms. The topological polar surface area (TPSA) is 324 Å². The first kappa shape index (κ1) is 101. The van der Waals surface area contributed by atoms with Crippen molar-refractivity contribution in [1.29, 1.82) is 0 Å². The fourth-order valence-corrected chi connectivity index (χ4v) is 18.3. The molecule has 0 saturated carbocycles. The number of carbonyl (C=O) groups excluding carboxylic acids is 1. The molecule has 14 heterocycles. The first-order valence-electron chi connectivity index (χ1n) is 48.1. The normalized spacial score (nSPS) is 12.6. The quantitative estimate of drug-likeness (QED) is 0.0502. The second-order valence-corrected chi connectivity index (χ2v) is 37.8. The molecule has 0 radical (unpaired) electrons. The molecule has 752 valence electrons. The third kappa shape index (κ3) is 21.2. The number of halogens is 7. The molecule has 0 unspecified atom stereocenters. The first-order chi connectivity index (χ1) is 70.5. The Bertz CT molecular complexity index is 8230. The van der Waals surface area contributed by atoms with E-state index in [2.05, 4.69) is 96.3 Å². The zero-order valence-electron chi connectivity index (χ0n) is 83.1. The van der Waals surface area contributed by atoms with Gasteiger partial charge >= 0.3 is 29.4 Å². The molecular weight excluding hydrogens is 1890 g/mol. The van der Waals surface area contributed by atoms with Crippen molar-refractivity contribution in [2.45, 2.75) is 150 Å². The van der Waals surface area contributed by atoms with Crippen molar-refractivity contribution in [3.8, 4) is 79.7 Å². The van der Waals surface area contributed by atoms with Gasteiger partial charge in [-0.25, -0.2) is 78.0 Å². The number of carbonyl (C=O) groups is 1. The molecule has 1 amide bonds. The summed E-state index contributed by atoms with van der Waals surface area (Å²) in [4.78, 5) is 106. The maximum absolute atomic E-state index is 14.6. The number of anilines is 1. The highest BCUT2D eigenvalue weighted by Crippen LogP contribution is 2.39. The van der Waals surface area contributed by atoms with Crippen molar-refractivity contribution >= 4 is 45.2 Å². The number of pyridine rings is 1. The molecule has 38 heteroatoms. The van der Waals surface area contributed by atoms with E-state index >= 15 is 0 Å². The van der Waals surface area contributed by atoms with Crippen LogP contribution in [0.5, 0.6) is 0 Å². The second-order valence-electron chi connectivity index (χ2n) is 37.8. The molecule has 21 rings (SSSR count). The van der Waals surface area contributed by atoms with E-state index in [-0.39, 0.29) is 90.9 Å². The highest BCUT2D eigenvalue weighted by Gasteiger charge is 2.38. The van der Waals surface area contributed by atoms with Gasteiger partial charge < -0.3 is 24.5 Å². The summed E-state index contributed by atoms with van der Waals surface area (Å²) in [6.07, 6.45) is 7.23. The molecule has 0 saturated heterocycles. The van der Waals surface area contributed by atoms with Gasteiger partial charge in [-0.15, -0.1) is 0 Å². The van der Waals surface area contributed by atoms with Gasteiger partial charge in [-0.1, -0.05) is 189 Å². The van der Waals surface area contributed by atoms with Gasteiger partial charge in [-0.2, -0.15) is 36.5 Å². The Morgan fingerprint density at radius 3 is 1.46 bits per heavy atom. The molecule has 147 heavy (non-hydrogen) atoms. The van der Waals surface area contributed by atoms with Crippen LogP contribution < -0.4 is 27.3 Å². The van der Waals surface area contributed by atoms with E-state index in [1.807, 2.05) is 167 Å². The van der Waals surface area contributed by atoms with Crippen LogP contribution in [0.3, 0.4) is 0 Å². The number of nitrogens with one attached hydrogen (secondary N) is 1. The first-order valence-corrected chi connectivity index (χ1v) is 48.1. The Morgan fingerprint density at radius 1 is 0.442 bits per heavy atom. The van der Waals surface area contributed by atoms with E-state index in [4.69, 9.17) is 24.9 Å². The zero-order chi connectivity index (χ0) is 104. The van der Waals surface area contributed by atoms with Crippen molar-refractivity contribution in [2.75, 3.05) is 32.1 Å². The van der Waals surface area contributed by atoms with E-state index in [1.165, 1.54) is 42.5 Å². The zero-order valence-corrected chi connectivity index (χ0v) is 83.1.